The lowest BCUT2D eigenvalue weighted by Gasteiger charge is -2.08. The summed E-state index contributed by atoms with van der Waals surface area (Å²) in [6.45, 7) is 5.57. The van der Waals surface area contributed by atoms with Crippen molar-refractivity contribution in [3.05, 3.63) is 40.7 Å². The molecule has 3 heterocycles. The summed E-state index contributed by atoms with van der Waals surface area (Å²) in [5, 5.41) is 9.98. The number of hydrogen-bond donors (Lipinski definition) is 1. The molecule has 0 amide bonds. The van der Waals surface area contributed by atoms with Crippen molar-refractivity contribution in [2.24, 2.45) is 7.05 Å². The Balaban J connectivity index is 1.67. The number of ether oxygens (including phenoxy) is 1. The Morgan fingerprint density at radius 2 is 2.21 bits per heavy atom. The topological polar surface area (TPSA) is 65.1 Å². The van der Waals surface area contributed by atoms with Crippen LogP contribution < -0.4 is 10.1 Å². The van der Waals surface area contributed by atoms with E-state index in [-0.39, 0.29) is 0 Å². The van der Waals surface area contributed by atoms with Crippen LogP contribution in [0.1, 0.15) is 36.7 Å². The number of aromatic nitrogens is 3. The maximum atomic E-state index is 5.54. The predicted molar refractivity (Wildman–Crippen MR) is 94.2 cm³/mol. The van der Waals surface area contributed by atoms with E-state index < -0.39 is 0 Å². The van der Waals surface area contributed by atoms with Crippen LogP contribution in [0.2, 0.25) is 0 Å². The minimum atomic E-state index is 0.342. The van der Waals surface area contributed by atoms with Crippen molar-refractivity contribution < 1.29 is 9.15 Å². The second-order valence-electron chi connectivity index (χ2n) is 5.88. The molecule has 3 aromatic heterocycles. The molecule has 24 heavy (non-hydrogen) atoms. The highest BCUT2D eigenvalue weighted by atomic mass is 32.1. The third-order valence-corrected chi connectivity index (χ3v) is 4.61. The Morgan fingerprint density at radius 3 is 2.88 bits per heavy atom. The fraction of sp³-hybridized carbons (Fsp3) is 0.412. The minimum absolute atomic E-state index is 0.342. The lowest BCUT2D eigenvalue weighted by atomic mass is 10.1. The van der Waals surface area contributed by atoms with Crippen LogP contribution in [-0.4, -0.2) is 21.9 Å². The van der Waals surface area contributed by atoms with E-state index in [9.17, 15) is 0 Å². The molecule has 0 bridgehead atoms. The standard InChI is InChI=1S/C17H22N4O2S/c1-11(2)15-13(17(22-4)21(3)20-15)9-18-8-12-10-23-16(19-12)14-6-5-7-24-14/h5-7,10-11,18H,8-9H2,1-4H3. The van der Waals surface area contributed by atoms with Gasteiger partial charge in [0.1, 0.15) is 6.26 Å². The number of hydrogen-bond acceptors (Lipinski definition) is 6. The van der Waals surface area contributed by atoms with E-state index in [0.29, 0.717) is 24.9 Å². The normalized spacial score (nSPS) is 11.4. The monoisotopic (exact) mass is 346 g/mol. The van der Waals surface area contributed by atoms with Gasteiger partial charge in [0, 0.05) is 20.1 Å². The molecule has 0 saturated carbocycles. The smallest absolute Gasteiger partial charge is 0.236 e. The average molecular weight is 346 g/mol. The van der Waals surface area contributed by atoms with Crippen LogP contribution in [0.15, 0.2) is 28.2 Å². The van der Waals surface area contributed by atoms with Gasteiger partial charge in [0.25, 0.3) is 0 Å². The molecule has 0 aliphatic rings. The van der Waals surface area contributed by atoms with E-state index in [1.54, 1.807) is 29.4 Å². The van der Waals surface area contributed by atoms with E-state index in [4.69, 9.17) is 9.15 Å². The molecule has 0 atom stereocenters. The summed E-state index contributed by atoms with van der Waals surface area (Å²) in [5.74, 6) is 1.81. The van der Waals surface area contributed by atoms with Gasteiger partial charge in [-0.1, -0.05) is 19.9 Å². The van der Waals surface area contributed by atoms with Crippen molar-refractivity contribution >= 4 is 11.3 Å². The van der Waals surface area contributed by atoms with Crippen molar-refractivity contribution in [3.8, 4) is 16.6 Å². The Kier molecular flexibility index (Phi) is 5.01. The van der Waals surface area contributed by atoms with E-state index in [0.717, 1.165) is 27.7 Å². The lowest BCUT2D eigenvalue weighted by molar-refractivity contribution is 0.368. The molecule has 3 aromatic rings. The molecule has 0 saturated heterocycles. The molecule has 6 nitrogen and oxygen atoms in total. The number of aryl methyl sites for hydroxylation is 1. The number of nitrogens with one attached hydrogen (secondary N) is 1. The molecule has 0 spiro atoms. The second-order valence-corrected chi connectivity index (χ2v) is 6.82. The summed E-state index contributed by atoms with van der Waals surface area (Å²) in [6, 6.07) is 3.99. The predicted octanol–water partition coefficient (Wildman–Crippen LogP) is 3.56. The van der Waals surface area contributed by atoms with E-state index >= 15 is 0 Å². The summed E-state index contributed by atoms with van der Waals surface area (Å²) >= 11 is 1.62. The van der Waals surface area contributed by atoms with Gasteiger partial charge in [0.15, 0.2) is 0 Å². The highest BCUT2D eigenvalue weighted by molar-refractivity contribution is 7.13. The zero-order chi connectivity index (χ0) is 17.1. The average Bonchev–Trinajstić information content (AvgIpc) is 3.26. The Hall–Kier alpha value is -2.12. The van der Waals surface area contributed by atoms with Gasteiger partial charge in [-0.2, -0.15) is 5.10 Å². The van der Waals surface area contributed by atoms with Gasteiger partial charge in [0.05, 0.1) is 28.9 Å². The first-order chi connectivity index (χ1) is 11.6. The van der Waals surface area contributed by atoms with E-state index in [1.807, 2.05) is 24.6 Å². The molecule has 1 N–H and O–H groups in total. The van der Waals surface area contributed by atoms with E-state index in [1.165, 1.54) is 0 Å². The van der Waals surface area contributed by atoms with Gasteiger partial charge < -0.3 is 14.5 Å². The van der Waals surface area contributed by atoms with Crippen molar-refractivity contribution in [3.63, 3.8) is 0 Å². The SMILES string of the molecule is COc1c(CNCc2coc(-c3cccs3)n2)c(C(C)C)nn1C. The summed E-state index contributed by atoms with van der Waals surface area (Å²) in [5.41, 5.74) is 3.03. The van der Waals surface area contributed by atoms with Crippen LogP contribution in [0.5, 0.6) is 5.88 Å². The third kappa shape index (κ3) is 3.37. The van der Waals surface area contributed by atoms with E-state index in [2.05, 4.69) is 29.2 Å². The maximum absolute atomic E-state index is 5.54. The van der Waals surface area contributed by atoms with Gasteiger partial charge in [-0.3, -0.25) is 0 Å². The first-order valence-corrected chi connectivity index (χ1v) is 8.76. The molecule has 0 radical (unpaired) electrons. The van der Waals surface area contributed by atoms with Crippen LogP contribution in [0.3, 0.4) is 0 Å². The molecule has 0 aromatic carbocycles. The van der Waals surface area contributed by atoms with Gasteiger partial charge in [0.2, 0.25) is 11.8 Å². The highest BCUT2D eigenvalue weighted by Crippen LogP contribution is 2.27. The fourth-order valence-corrected chi connectivity index (χ4v) is 3.33. The zero-order valence-corrected chi connectivity index (χ0v) is 15.2. The number of nitrogens with zero attached hydrogens (tertiary/aromatic N) is 3. The first kappa shape index (κ1) is 16.7. The van der Waals surface area contributed by atoms with Crippen molar-refractivity contribution in [1.82, 2.24) is 20.1 Å². The summed E-state index contributed by atoms with van der Waals surface area (Å²) in [6.07, 6.45) is 1.70. The van der Waals surface area contributed by atoms with Gasteiger partial charge in [-0.25, -0.2) is 9.67 Å². The van der Waals surface area contributed by atoms with Gasteiger partial charge in [-0.15, -0.1) is 11.3 Å². The molecular formula is C17H22N4O2S. The van der Waals surface area contributed by atoms with Crippen molar-refractivity contribution in [2.45, 2.75) is 32.9 Å². The number of methoxy groups -OCH3 is 1. The summed E-state index contributed by atoms with van der Waals surface area (Å²) < 4.78 is 12.8. The fourth-order valence-electron chi connectivity index (χ4n) is 2.67. The molecule has 3 rings (SSSR count). The Morgan fingerprint density at radius 1 is 1.38 bits per heavy atom. The lowest BCUT2D eigenvalue weighted by Crippen LogP contribution is -2.14. The maximum Gasteiger partial charge on any atom is 0.236 e. The van der Waals surface area contributed by atoms with Crippen molar-refractivity contribution in [2.75, 3.05) is 7.11 Å². The van der Waals surface area contributed by atoms with Crippen LogP contribution >= 0.6 is 11.3 Å². The number of oxazole rings is 1. The molecule has 0 aliphatic carbocycles. The summed E-state index contributed by atoms with van der Waals surface area (Å²) in [4.78, 5) is 5.56. The van der Waals surface area contributed by atoms with Crippen LogP contribution in [0.25, 0.3) is 10.8 Å². The van der Waals surface area contributed by atoms with Crippen LogP contribution in [0.4, 0.5) is 0 Å². The highest BCUT2D eigenvalue weighted by Gasteiger charge is 2.19. The van der Waals surface area contributed by atoms with Crippen molar-refractivity contribution in [1.29, 1.82) is 0 Å². The molecule has 0 unspecified atom stereocenters. The molecular weight excluding hydrogens is 324 g/mol. The van der Waals surface area contributed by atoms with Crippen LogP contribution in [0, 0.1) is 0 Å². The van der Waals surface area contributed by atoms with Gasteiger partial charge >= 0.3 is 0 Å². The summed E-state index contributed by atoms with van der Waals surface area (Å²) in [7, 11) is 3.58. The Labute approximate surface area is 145 Å². The van der Waals surface area contributed by atoms with Crippen LogP contribution in [-0.2, 0) is 20.1 Å². The zero-order valence-electron chi connectivity index (χ0n) is 14.4. The number of rotatable bonds is 7. The Bertz CT molecular complexity index is 790. The number of thiophene rings is 1. The second kappa shape index (κ2) is 7.19. The third-order valence-electron chi connectivity index (χ3n) is 3.75. The molecule has 0 fully saturated rings. The molecule has 0 aliphatic heterocycles. The molecule has 128 valence electrons. The van der Waals surface area contributed by atoms with Gasteiger partial charge in [-0.05, 0) is 17.4 Å². The minimum Gasteiger partial charge on any atom is -0.481 e. The largest absolute Gasteiger partial charge is 0.481 e. The quantitative estimate of drug-likeness (QED) is 0.708. The first-order valence-electron chi connectivity index (χ1n) is 7.89. The molecule has 7 heteroatoms.